The number of carboxylic acid groups (broad SMARTS) is 1. The van der Waals surface area contributed by atoms with Crippen LogP contribution in [0.2, 0.25) is 0 Å². The van der Waals surface area contributed by atoms with Gasteiger partial charge in [0.05, 0.1) is 6.42 Å². The number of halogens is 1. The Kier molecular flexibility index (Phi) is 2.43. The average Bonchev–Trinajstić information content (AvgIpc) is 1.21. The molecule has 8 heavy (non-hydrogen) atoms. The molecule has 0 saturated heterocycles. The summed E-state index contributed by atoms with van der Waals surface area (Å²) in [7, 11) is 0. The smallest absolute Gasteiger partial charge is 0.307 e. The van der Waals surface area contributed by atoms with Crippen LogP contribution in [-0.2, 0) is 4.79 Å². The number of aliphatic carboxylic acids is 1. The highest BCUT2D eigenvalue weighted by Gasteiger charge is 2.18. The van der Waals surface area contributed by atoms with Crippen molar-refractivity contribution in [2.24, 2.45) is 0 Å². The Morgan fingerprint density at radius 1 is 1.88 bits per heavy atom. The molecule has 0 rings (SSSR count). The minimum absolute atomic E-state index is 0.285. The lowest BCUT2D eigenvalue weighted by Crippen LogP contribution is -2.18. The zero-order valence-electron chi connectivity index (χ0n) is 4.39. The van der Waals surface area contributed by atoms with E-state index in [0.29, 0.717) is 0 Å². The first kappa shape index (κ1) is 7.91. The van der Waals surface area contributed by atoms with Crippen molar-refractivity contribution in [3.8, 4) is 0 Å². The molecule has 2 N–H and O–H groups in total. The number of carboxylic acids is 1. The van der Waals surface area contributed by atoms with Gasteiger partial charge in [-0.3, -0.25) is 4.79 Å². The Labute approximate surface area is 55.5 Å². The van der Waals surface area contributed by atoms with Gasteiger partial charge in [0, 0.05) is 0 Å². The second-order valence-corrected chi connectivity index (χ2v) is 3.42. The van der Waals surface area contributed by atoms with Crippen LogP contribution in [0.4, 0.5) is 0 Å². The third kappa shape index (κ3) is 5.91. The first-order valence-corrected chi connectivity index (χ1v) is 2.84. The highest BCUT2D eigenvalue weighted by molar-refractivity contribution is 9.10. The maximum absolute atomic E-state index is 9.82. The van der Waals surface area contributed by atoms with Crippen molar-refractivity contribution in [3.05, 3.63) is 0 Å². The van der Waals surface area contributed by atoms with Crippen LogP contribution in [0.15, 0.2) is 0 Å². The van der Waals surface area contributed by atoms with E-state index in [4.69, 9.17) is 10.2 Å². The van der Waals surface area contributed by atoms with Crippen molar-refractivity contribution in [1.82, 2.24) is 0 Å². The van der Waals surface area contributed by atoms with Crippen LogP contribution in [0, 0.1) is 0 Å². The predicted octanol–water partition coefficient (Wildman–Crippen LogP) is 0.565. The third-order valence-electron chi connectivity index (χ3n) is 0.474. The van der Waals surface area contributed by atoms with E-state index in [1.54, 1.807) is 0 Å². The second-order valence-electron chi connectivity index (χ2n) is 1.71. The van der Waals surface area contributed by atoms with Gasteiger partial charge in [0.25, 0.3) is 0 Å². The Morgan fingerprint density at radius 3 is 2.25 bits per heavy atom. The van der Waals surface area contributed by atoms with Gasteiger partial charge >= 0.3 is 5.97 Å². The summed E-state index contributed by atoms with van der Waals surface area (Å²) >= 11 is 2.75. The summed E-state index contributed by atoms with van der Waals surface area (Å²) in [5, 5.41) is 16.8. The SMILES string of the molecule is CC(O)(Br)CC(=O)O. The Morgan fingerprint density at radius 2 is 2.25 bits per heavy atom. The van der Waals surface area contributed by atoms with Gasteiger partial charge in [-0.15, -0.1) is 0 Å². The molecule has 0 aromatic carbocycles. The van der Waals surface area contributed by atoms with Crippen LogP contribution >= 0.6 is 15.9 Å². The topological polar surface area (TPSA) is 57.5 Å². The second kappa shape index (κ2) is 2.46. The van der Waals surface area contributed by atoms with Gasteiger partial charge in [-0.2, -0.15) is 0 Å². The van der Waals surface area contributed by atoms with Gasteiger partial charge in [-0.05, 0) is 6.92 Å². The molecule has 0 aromatic heterocycles. The maximum atomic E-state index is 9.82. The van der Waals surface area contributed by atoms with Crippen molar-refractivity contribution in [2.75, 3.05) is 0 Å². The molecule has 0 aliphatic carbocycles. The largest absolute Gasteiger partial charge is 0.481 e. The Bertz CT molecular complexity index is 93.9. The van der Waals surface area contributed by atoms with Crippen molar-refractivity contribution >= 4 is 21.9 Å². The zero-order chi connectivity index (χ0) is 6.78. The number of aliphatic hydroxyl groups is 1. The van der Waals surface area contributed by atoms with Crippen LogP contribution in [0.5, 0.6) is 0 Å². The van der Waals surface area contributed by atoms with E-state index in [9.17, 15) is 4.79 Å². The summed E-state index contributed by atoms with van der Waals surface area (Å²) in [6.07, 6.45) is -0.285. The van der Waals surface area contributed by atoms with Crippen LogP contribution in [-0.4, -0.2) is 20.7 Å². The van der Waals surface area contributed by atoms with E-state index in [-0.39, 0.29) is 6.42 Å². The van der Waals surface area contributed by atoms with Crippen molar-refractivity contribution in [3.63, 3.8) is 0 Å². The predicted molar refractivity (Wildman–Crippen MR) is 31.8 cm³/mol. The van der Waals surface area contributed by atoms with Crippen LogP contribution < -0.4 is 0 Å². The first-order chi connectivity index (χ1) is 3.42. The molecule has 3 nitrogen and oxygen atoms in total. The fourth-order valence-electron chi connectivity index (χ4n) is 0.276. The van der Waals surface area contributed by atoms with Gasteiger partial charge in [-0.1, -0.05) is 15.9 Å². The molecule has 0 aromatic rings. The highest BCUT2D eigenvalue weighted by atomic mass is 79.9. The van der Waals surface area contributed by atoms with Crippen LogP contribution in [0.25, 0.3) is 0 Å². The number of hydrogen-bond acceptors (Lipinski definition) is 2. The average molecular weight is 183 g/mol. The van der Waals surface area contributed by atoms with E-state index in [0.717, 1.165) is 0 Å². The lowest BCUT2D eigenvalue weighted by atomic mass is 10.3. The molecule has 0 radical (unpaired) electrons. The van der Waals surface area contributed by atoms with E-state index < -0.39 is 10.5 Å². The lowest BCUT2D eigenvalue weighted by Gasteiger charge is -2.09. The van der Waals surface area contributed by atoms with Gasteiger partial charge in [-0.25, -0.2) is 0 Å². The molecule has 1 atom stereocenters. The molecule has 0 heterocycles. The number of hydrogen-bond donors (Lipinski definition) is 2. The molecule has 0 bridgehead atoms. The summed E-state index contributed by atoms with van der Waals surface area (Å²) in [5.74, 6) is -1.02. The van der Waals surface area contributed by atoms with E-state index in [1.165, 1.54) is 6.92 Å². The van der Waals surface area contributed by atoms with Gasteiger partial charge in [0.15, 0.2) is 0 Å². The number of carbonyl (C=O) groups is 1. The molecule has 0 aliphatic rings. The van der Waals surface area contributed by atoms with Crippen LogP contribution in [0.1, 0.15) is 13.3 Å². The summed E-state index contributed by atoms with van der Waals surface area (Å²) in [6, 6.07) is 0. The summed E-state index contributed by atoms with van der Waals surface area (Å²) in [4.78, 5) is 9.82. The normalized spacial score (nSPS) is 17.4. The molecular weight excluding hydrogens is 176 g/mol. The fraction of sp³-hybridized carbons (Fsp3) is 0.750. The molecule has 0 saturated carbocycles. The van der Waals surface area contributed by atoms with Gasteiger partial charge in [0.1, 0.15) is 4.51 Å². The maximum Gasteiger partial charge on any atom is 0.307 e. The number of alkyl halides is 1. The molecule has 1 unspecified atom stereocenters. The van der Waals surface area contributed by atoms with Gasteiger partial charge < -0.3 is 10.2 Å². The van der Waals surface area contributed by atoms with Crippen molar-refractivity contribution in [1.29, 1.82) is 0 Å². The summed E-state index contributed by atoms with van der Waals surface area (Å²) in [5.41, 5.74) is 0. The molecule has 0 amide bonds. The Hall–Kier alpha value is -0.0900. The molecule has 4 heteroatoms. The molecular formula is C4H7BrO3. The van der Waals surface area contributed by atoms with E-state index in [1.807, 2.05) is 0 Å². The highest BCUT2D eigenvalue weighted by Crippen LogP contribution is 2.16. The van der Waals surface area contributed by atoms with E-state index >= 15 is 0 Å². The molecule has 0 fully saturated rings. The summed E-state index contributed by atoms with van der Waals surface area (Å²) < 4.78 is -1.27. The van der Waals surface area contributed by atoms with Crippen molar-refractivity contribution in [2.45, 2.75) is 17.9 Å². The number of rotatable bonds is 2. The molecule has 0 aliphatic heterocycles. The lowest BCUT2D eigenvalue weighted by molar-refractivity contribution is -0.139. The summed E-state index contributed by atoms with van der Waals surface area (Å²) in [6.45, 7) is 1.38. The van der Waals surface area contributed by atoms with Crippen LogP contribution in [0.3, 0.4) is 0 Å². The minimum Gasteiger partial charge on any atom is -0.481 e. The minimum atomic E-state index is -1.27. The third-order valence-corrected chi connectivity index (χ3v) is 0.754. The molecule has 0 spiro atoms. The standard InChI is InChI=1S/C4H7BrO3/c1-4(5,8)2-3(6)7/h8H,2H2,1H3,(H,6,7). The molecule has 48 valence electrons. The first-order valence-electron chi connectivity index (χ1n) is 2.05. The van der Waals surface area contributed by atoms with Crippen molar-refractivity contribution < 1.29 is 15.0 Å². The Balaban J connectivity index is 3.55. The fourth-order valence-corrected chi connectivity index (χ4v) is 0.516. The van der Waals surface area contributed by atoms with E-state index in [2.05, 4.69) is 15.9 Å². The zero-order valence-corrected chi connectivity index (χ0v) is 5.97. The van der Waals surface area contributed by atoms with Gasteiger partial charge in [0.2, 0.25) is 0 Å². The monoisotopic (exact) mass is 182 g/mol. The quantitative estimate of drug-likeness (QED) is 0.615.